The number of piperidine rings is 1. The second-order valence-electron chi connectivity index (χ2n) is 9.93. The smallest absolute Gasteiger partial charge is 0.347 e. The van der Waals surface area contributed by atoms with Gasteiger partial charge in [0, 0.05) is 28.4 Å². The van der Waals surface area contributed by atoms with Crippen LogP contribution >= 0.6 is 11.3 Å². The van der Waals surface area contributed by atoms with E-state index in [2.05, 4.69) is 29.2 Å². The molecule has 0 unspecified atom stereocenters. The first-order valence-electron chi connectivity index (χ1n) is 13.2. The van der Waals surface area contributed by atoms with Crippen molar-refractivity contribution >= 4 is 17.3 Å². The van der Waals surface area contributed by atoms with Gasteiger partial charge in [-0.25, -0.2) is 4.79 Å². The van der Waals surface area contributed by atoms with E-state index in [4.69, 9.17) is 10.5 Å². The van der Waals surface area contributed by atoms with Gasteiger partial charge >= 0.3 is 5.97 Å². The fourth-order valence-electron chi connectivity index (χ4n) is 5.07. The molecule has 0 saturated carbocycles. The van der Waals surface area contributed by atoms with Crippen LogP contribution in [0.2, 0.25) is 0 Å². The number of hydrogen-bond acceptors (Lipinski definition) is 6. The summed E-state index contributed by atoms with van der Waals surface area (Å²) in [7, 11) is 0. The Balaban J connectivity index is 1.29. The van der Waals surface area contributed by atoms with Gasteiger partial charge < -0.3 is 15.6 Å². The molecule has 1 saturated heterocycles. The van der Waals surface area contributed by atoms with Gasteiger partial charge in [-0.15, -0.1) is 11.3 Å². The Bertz CT molecular complexity index is 1330. The number of ether oxygens (including phenoxy) is 1. The summed E-state index contributed by atoms with van der Waals surface area (Å²) in [6.45, 7) is 3.66. The molecular formula is C32H34N2O3S. The molecule has 1 atom stereocenters. The van der Waals surface area contributed by atoms with E-state index in [-0.39, 0.29) is 5.92 Å². The quantitative estimate of drug-likeness (QED) is 0.279. The normalized spacial score (nSPS) is 16.2. The highest BCUT2D eigenvalue weighted by Gasteiger charge is 2.42. The number of carbonyl (C=O) groups is 1. The van der Waals surface area contributed by atoms with Crippen LogP contribution in [0.4, 0.5) is 0 Å². The number of thiophene rings is 1. The van der Waals surface area contributed by atoms with Gasteiger partial charge in [0.2, 0.25) is 5.60 Å². The van der Waals surface area contributed by atoms with Gasteiger partial charge in [0.15, 0.2) is 0 Å². The van der Waals surface area contributed by atoms with E-state index in [1.165, 1.54) is 5.56 Å². The molecule has 6 heteroatoms. The number of likely N-dealkylation sites (tertiary alicyclic amines) is 1. The molecule has 1 aromatic heterocycles. The van der Waals surface area contributed by atoms with E-state index in [0.717, 1.165) is 47.8 Å². The van der Waals surface area contributed by atoms with Crippen molar-refractivity contribution in [2.75, 3.05) is 19.7 Å². The maximum Gasteiger partial charge on any atom is 0.347 e. The van der Waals surface area contributed by atoms with Crippen molar-refractivity contribution in [2.24, 2.45) is 11.7 Å². The predicted octanol–water partition coefficient (Wildman–Crippen LogP) is 5.57. The van der Waals surface area contributed by atoms with Crippen LogP contribution in [0.1, 0.15) is 34.4 Å². The largest absolute Gasteiger partial charge is 0.463 e. The lowest BCUT2D eigenvalue weighted by molar-refractivity contribution is -0.164. The van der Waals surface area contributed by atoms with Crippen LogP contribution in [0, 0.1) is 5.92 Å². The Kier molecular flexibility index (Phi) is 8.35. The van der Waals surface area contributed by atoms with E-state index in [1.54, 1.807) is 29.5 Å². The highest BCUT2D eigenvalue weighted by molar-refractivity contribution is 7.15. The Morgan fingerprint density at radius 3 is 2.29 bits per heavy atom. The zero-order valence-electron chi connectivity index (χ0n) is 21.5. The lowest BCUT2D eigenvalue weighted by Gasteiger charge is -2.33. The Morgan fingerprint density at radius 2 is 1.61 bits per heavy atom. The third-order valence-electron chi connectivity index (χ3n) is 7.32. The summed E-state index contributed by atoms with van der Waals surface area (Å²) in [4.78, 5) is 18.2. The van der Waals surface area contributed by atoms with Gasteiger partial charge in [-0.1, -0.05) is 78.9 Å². The fraction of sp³-hybridized carbons (Fsp3) is 0.281. The highest BCUT2D eigenvalue weighted by atomic mass is 32.1. The summed E-state index contributed by atoms with van der Waals surface area (Å²) in [5.41, 5.74) is 7.13. The molecule has 38 heavy (non-hydrogen) atoms. The van der Waals surface area contributed by atoms with Crippen LogP contribution in [0.3, 0.4) is 0 Å². The van der Waals surface area contributed by atoms with Gasteiger partial charge in [-0.2, -0.15) is 0 Å². The number of esters is 1. The number of rotatable bonds is 9. The molecule has 0 spiro atoms. The predicted molar refractivity (Wildman–Crippen MR) is 152 cm³/mol. The number of benzene rings is 3. The molecule has 0 aliphatic carbocycles. The number of carbonyl (C=O) groups excluding carboxylic acids is 1. The van der Waals surface area contributed by atoms with Crippen molar-refractivity contribution in [2.45, 2.75) is 31.5 Å². The monoisotopic (exact) mass is 526 g/mol. The highest BCUT2D eigenvalue weighted by Crippen LogP contribution is 2.36. The maximum atomic E-state index is 13.6. The van der Waals surface area contributed by atoms with Crippen LogP contribution in [-0.2, 0) is 28.2 Å². The number of hydrogen-bond donors (Lipinski definition) is 2. The molecule has 0 radical (unpaired) electrons. The SMILES string of the molecule is NCc1ccc(-c2cccc([C@](O)(C(=O)OCC3CCN(Cc4ccccc4)CC3)c3ccccc3)c2)s1. The maximum absolute atomic E-state index is 13.6. The molecule has 1 fully saturated rings. The van der Waals surface area contributed by atoms with Crippen LogP contribution < -0.4 is 5.73 Å². The van der Waals surface area contributed by atoms with Gasteiger partial charge in [0.1, 0.15) is 0 Å². The zero-order chi connectivity index (χ0) is 26.4. The lowest BCUT2D eigenvalue weighted by Crippen LogP contribution is -2.40. The number of nitrogens with zero attached hydrogens (tertiary/aromatic N) is 1. The first-order chi connectivity index (χ1) is 18.6. The minimum atomic E-state index is -1.90. The molecule has 4 aromatic rings. The van der Waals surface area contributed by atoms with Gasteiger partial charge in [0.05, 0.1) is 6.61 Å². The standard InChI is InChI=1S/C32H34N2O3S/c33-21-29-14-15-30(38-29)26-10-7-13-28(20-26)32(36,27-11-5-2-6-12-27)31(35)37-23-25-16-18-34(19-17-25)22-24-8-3-1-4-9-24/h1-15,20,25,36H,16-19,21-23,33H2/t32-/m0/s1. The minimum absolute atomic E-state index is 0.276. The average Bonchev–Trinajstić information content (AvgIpc) is 3.47. The second-order valence-corrected chi connectivity index (χ2v) is 11.1. The van der Waals surface area contributed by atoms with E-state index in [9.17, 15) is 9.90 Å². The topological polar surface area (TPSA) is 75.8 Å². The summed E-state index contributed by atoms with van der Waals surface area (Å²) >= 11 is 1.61. The first-order valence-corrected chi connectivity index (χ1v) is 14.0. The fourth-order valence-corrected chi connectivity index (χ4v) is 5.96. The molecule has 3 N–H and O–H groups in total. The van der Waals surface area contributed by atoms with E-state index in [0.29, 0.717) is 24.3 Å². The molecule has 3 aromatic carbocycles. The summed E-state index contributed by atoms with van der Waals surface area (Å²) in [5.74, 6) is -0.362. The zero-order valence-corrected chi connectivity index (χ0v) is 22.3. The van der Waals surface area contributed by atoms with E-state index < -0.39 is 11.6 Å². The van der Waals surface area contributed by atoms with Gasteiger partial charge in [-0.3, -0.25) is 4.90 Å². The van der Waals surface area contributed by atoms with E-state index >= 15 is 0 Å². The second kappa shape index (κ2) is 12.0. The third-order valence-corrected chi connectivity index (χ3v) is 8.48. The molecule has 196 valence electrons. The van der Waals surface area contributed by atoms with Crippen molar-refractivity contribution in [3.8, 4) is 10.4 Å². The third kappa shape index (κ3) is 5.89. The van der Waals surface area contributed by atoms with Crippen LogP contribution in [0.25, 0.3) is 10.4 Å². The Labute approximate surface area is 228 Å². The molecule has 5 rings (SSSR count). The summed E-state index contributed by atoms with van der Waals surface area (Å²) in [6.07, 6.45) is 1.92. The summed E-state index contributed by atoms with van der Waals surface area (Å²) in [6, 6.07) is 31.1. The lowest BCUT2D eigenvalue weighted by atomic mass is 9.85. The van der Waals surface area contributed by atoms with Gasteiger partial charge in [-0.05, 0) is 66.7 Å². The molecule has 2 heterocycles. The van der Waals surface area contributed by atoms with Crippen LogP contribution in [-0.4, -0.2) is 35.7 Å². The average molecular weight is 527 g/mol. The molecule has 5 nitrogen and oxygen atoms in total. The van der Waals surface area contributed by atoms with Crippen molar-refractivity contribution < 1.29 is 14.6 Å². The molecule has 0 amide bonds. The Hall–Kier alpha value is -3.29. The van der Waals surface area contributed by atoms with Crippen molar-refractivity contribution in [1.29, 1.82) is 0 Å². The first kappa shape index (κ1) is 26.3. The van der Waals surface area contributed by atoms with Crippen molar-refractivity contribution in [3.05, 3.63) is 119 Å². The Morgan fingerprint density at radius 1 is 0.921 bits per heavy atom. The summed E-state index contributed by atoms with van der Waals surface area (Å²) < 4.78 is 5.85. The number of nitrogens with two attached hydrogens (primary N) is 1. The molecular weight excluding hydrogens is 492 g/mol. The molecule has 1 aliphatic rings. The number of aliphatic hydroxyl groups is 1. The van der Waals surface area contributed by atoms with Crippen molar-refractivity contribution in [1.82, 2.24) is 4.90 Å². The molecule has 1 aliphatic heterocycles. The van der Waals surface area contributed by atoms with Crippen LogP contribution in [0.15, 0.2) is 97.1 Å². The van der Waals surface area contributed by atoms with E-state index in [1.807, 2.05) is 54.6 Å². The summed E-state index contributed by atoms with van der Waals surface area (Å²) in [5, 5.41) is 12.0. The van der Waals surface area contributed by atoms with Crippen molar-refractivity contribution in [3.63, 3.8) is 0 Å². The van der Waals surface area contributed by atoms with Crippen LogP contribution in [0.5, 0.6) is 0 Å². The molecule has 0 bridgehead atoms. The minimum Gasteiger partial charge on any atom is -0.463 e. The van der Waals surface area contributed by atoms with Gasteiger partial charge in [0.25, 0.3) is 0 Å².